The maximum absolute atomic E-state index is 6.22. The van der Waals surface area contributed by atoms with E-state index in [0.717, 1.165) is 12.3 Å². The van der Waals surface area contributed by atoms with Gasteiger partial charge in [-0.25, -0.2) is 0 Å². The smallest absolute Gasteiger partial charge is 0.138 e. The first-order valence-electron chi connectivity index (χ1n) is 6.33. The molecule has 0 aliphatic rings. The number of allylic oxidation sites excluding steroid dienone is 1. The van der Waals surface area contributed by atoms with Gasteiger partial charge in [-0.15, -0.1) is 0 Å². The highest BCUT2D eigenvalue weighted by atomic mass is 35.5. The van der Waals surface area contributed by atoms with Gasteiger partial charge in [-0.1, -0.05) is 30.2 Å². The van der Waals surface area contributed by atoms with E-state index in [1.54, 1.807) is 0 Å². The Balaban J connectivity index is 2.70. The fourth-order valence-corrected chi connectivity index (χ4v) is 1.87. The summed E-state index contributed by atoms with van der Waals surface area (Å²) >= 11 is 6.22. The number of ether oxygens (including phenoxy) is 1. The van der Waals surface area contributed by atoms with Crippen molar-refractivity contribution in [1.29, 1.82) is 0 Å². The lowest BCUT2D eigenvalue weighted by Gasteiger charge is -2.14. The fraction of sp³-hybridized carbons (Fsp3) is 0.467. The van der Waals surface area contributed by atoms with Crippen LogP contribution in [0.15, 0.2) is 29.8 Å². The Bertz CT molecular complexity index is 411. The molecule has 100 valence electrons. The predicted molar refractivity (Wildman–Crippen MR) is 78.5 cm³/mol. The quantitative estimate of drug-likeness (QED) is 0.774. The molecule has 1 N–H and O–H groups in total. The van der Waals surface area contributed by atoms with Gasteiger partial charge in [0.2, 0.25) is 0 Å². The van der Waals surface area contributed by atoms with E-state index in [2.05, 4.69) is 25.2 Å². The van der Waals surface area contributed by atoms with Gasteiger partial charge in [0, 0.05) is 6.04 Å². The molecule has 0 fully saturated rings. The van der Waals surface area contributed by atoms with E-state index >= 15 is 0 Å². The molecular weight excluding hydrogens is 246 g/mol. The van der Waals surface area contributed by atoms with Crippen molar-refractivity contribution in [3.05, 3.63) is 40.4 Å². The summed E-state index contributed by atoms with van der Waals surface area (Å²) < 4.78 is 5.61. The Kier molecular flexibility index (Phi) is 6.23. The zero-order chi connectivity index (χ0) is 13.5. The summed E-state index contributed by atoms with van der Waals surface area (Å²) in [7, 11) is 0. The van der Waals surface area contributed by atoms with Crippen LogP contribution in [0.4, 0.5) is 0 Å². The van der Waals surface area contributed by atoms with Crippen LogP contribution < -0.4 is 10.1 Å². The Labute approximate surface area is 115 Å². The average molecular weight is 268 g/mol. The van der Waals surface area contributed by atoms with Crippen molar-refractivity contribution in [2.45, 2.75) is 33.7 Å². The standard InChI is InChI=1S/C15H22ClNO/c1-5-17-12(4)13-6-7-15(14(16)10-13)18-9-8-11(2)3/h6-8,10,12,17H,5,9H2,1-4H3. The van der Waals surface area contributed by atoms with E-state index < -0.39 is 0 Å². The fourth-order valence-electron chi connectivity index (χ4n) is 1.63. The van der Waals surface area contributed by atoms with Gasteiger partial charge in [-0.3, -0.25) is 0 Å². The molecule has 1 aromatic carbocycles. The van der Waals surface area contributed by atoms with Crippen LogP contribution >= 0.6 is 11.6 Å². The second-order valence-corrected chi connectivity index (χ2v) is 4.97. The molecule has 0 radical (unpaired) electrons. The molecule has 1 unspecified atom stereocenters. The first kappa shape index (κ1) is 15.1. The Hall–Kier alpha value is -0.990. The normalized spacial score (nSPS) is 12.1. The minimum Gasteiger partial charge on any atom is -0.488 e. The molecule has 1 aromatic rings. The van der Waals surface area contributed by atoms with Crippen LogP contribution in [-0.2, 0) is 0 Å². The molecule has 0 aliphatic carbocycles. The van der Waals surface area contributed by atoms with Crippen LogP contribution in [0.5, 0.6) is 5.75 Å². The van der Waals surface area contributed by atoms with E-state index in [9.17, 15) is 0 Å². The number of nitrogens with one attached hydrogen (secondary N) is 1. The van der Waals surface area contributed by atoms with Gasteiger partial charge in [-0.05, 0) is 51.1 Å². The van der Waals surface area contributed by atoms with Gasteiger partial charge in [-0.2, -0.15) is 0 Å². The van der Waals surface area contributed by atoms with Gasteiger partial charge in [0.15, 0.2) is 0 Å². The molecule has 3 heteroatoms. The third-order valence-corrected chi connectivity index (χ3v) is 2.99. The molecule has 0 spiro atoms. The van der Waals surface area contributed by atoms with E-state index in [0.29, 0.717) is 17.7 Å². The minimum atomic E-state index is 0.305. The lowest BCUT2D eigenvalue weighted by molar-refractivity contribution is 0.362. The molecule has 0 saturated heterocycles. The van der Waals surface area contributed by atoms with Crippen LogP contribution in [0.1, 0.15) is 39.3 Å². The van der Waals surface area contributed by atoms with Crippen LogP contribution in [0, 0.1) is 0 Å². The van der Waals surface area contributed by atoms with Crippen LogP contribution in [0.25, 0.3) is 0 Å². The van der Waals surface area contributed by atoms with Gasteiger partial charge < -0.3 is 10.1 Å². The number of benzene rings is 1. The molecule has 2 nitrogen and oxygen atoms in total. The second kappa shape index (κ2) is 7.45. The highest BCUT2D eigenvalue weighted by molar-refractivity contribution is 6.32. The average Bonchev–Trinajstić information content (AvgIpc) is 2.31. The maximum Gasteiger partial charge on any atom is 0.138 e. The van der Waals surface area contributed by atoms with Gasteiger partial charge in [0.05, 0.1) is 5.02 Å². The lowest BCUT2D eigenvalue weighted by atomic mass is 10.1. The van der Waals surface area contributed by atoms with Crippen molar-refractivity contribution in [1.82, 2.24) is 5.32 Å². The van der Waals surface area contributed by atoms with Crippen molar-refractivity contribution in [2.75, 3.05) is 13.2 Å². The number of halogens is 1. The molecular formula is C15H22ClNO. The molecule has 18 heavy (non-hydrogen) atoms. The molecule has 0 saturated carbocycles. The summed E-state index contributed by atoms with van der Waals surface area (Å²) in [6, 6.07) is 6.26. The Morgan fingerprint density at radius 2 is 2.17 bits per heavy atom. The SMILES string of the molecule is CCNC(C)c1ccc(OCC=C(C)C)c(Cl)c1. The summed E-state index contributed by atoms with van der Waals surface area (Å²) in [6.45, 7) is 9.81. The maximum atomic E-state index is 6.22. The first-order chi connectivity index (χ1) is 8.54. The van der Waals surface area contributed by atoms with Gasteiger partial charge in [0.1, 0.15) is 12.4 Å². The summed E-state index contributed by atoms with van der Waals surface area (Å²) in [5.74, 6) is 0.738. The van der Waals surface area contributed by atoms with E-state index in [1.807, 2.05) is 32.1 Å². The topological polar surface area (TPSA) is 21.3 Å². The van der Waals surface area contributed by atoms with Crippen LogP contribution in [0.2, 0.25) is 5.02 Å². The van der Waals surface area contributed by atoms with Gasteiger partial charge in [0.25, 0.3) is 0 Å². The molecule has 0 bridgehead atoms. The van der Waals surface area contributed by atoms with Gasteiger partial charge >= 0.3 is 0 Å². The summed E-state index contributed by atoms with van der Waals surface area (Å²) in [5, 5.41) is 4.02. The third kappa shape index (κ3) is 4.71. The predicted octanol–water partition coefficient (Wildman–Crippen LogP) is 4.36. The lowest BCUT2D eigenvalue weighted by Crippen LogP contribution is -2.17. The van der Waals surface area contributed by atoms with Crippen molar-refractivity contribution in [3.63, 3.8) is 0 Å². The number of hydrogen-bond donors (Lipinski definition) is 1. The number of rotatable bonds is 6. The number of hydrogen-bond acceptors (Lipinski definition) is 2. The highest BCUT2D eigenvalue weighted by Gasteiger charge is 2.07. The van der Waals surface area contributed by atoms with Crippen molar-refractivity contribution in [2.24, 2.45) is 0 Å². The molecule has 0 aromatic heterocycles. The van der Waals surface area contributed by atoms with Crippen molar-refractivity contribution >= 4 is 11.6 Å². The van der Waals surface area contributed by atoms with E-state index in [1.165, 1.54) is 11.1 Å². The first-order valence-corrected chi connectivity index (χ1v) is 6.71. The van der Waals surface area contributed by atoms with Crippen LogP contribution in [0.3, 0.4) is 0 Å². The zero-order valence-electron chi connectivity index (χ0n) is 11.6. The van der Waals surface area contributed by atoms with E-state index in [4.69, 9.17) is 16.3 Å². The molecule has 1 rings (SSSR count). The molecule has 1 atom stereocenters. The Morgan fingerprint density at radius 1 is 1.44 bits per heavy atom. The third-order valence-electron chi connectivity index (χ3n) is 2.70. The largest absolute Gasteiger partial charge is 0.488 e. The van der Waals surface area contributed by atoms with Crippen LogP contribution in [-0.4, -0.2) is 13.2 Å². The molecule has 0 heterocycles. The van der Waals surface area contributed by atoms with Crippen molar-refractivity contribution < 1.29 is 4.74 Å². The monoisotopic (exact) mass is 267 g/mol. The zero-order valence-corrected chi connectivity index (χ0v) is 12.3. The molecule has 0 aliphatic heterocycles. The highest BCUT2D eigenvalue weighted by Crippen LogP contribution is 2.27. The summed E-state index contributed by atoms with van der Waals surface area (Å²) in [6.07, 6.45) is 2.03. The van der Waals surface area contributed by atoms with E-state index in [-0.39, 0.29) is 0 Å². The minimum absolute atomic E-state index is 0.305. The summed E-state index contributed by atoms with van der Waals surface area (Å²) in [5.41, 5.74) is 2.42. The summed E-state index contributed by atoms with van der Waals surface area (Å²) in [4.78, 5) is 0. The Morgan fingerprint density at radius 3 is 2.72 bits per heavy atom. The second-order valence-electron chi connectivity index (χ2n) is 4.56. The molecule has 0 amide bonds. The van der Waals surface area contributed by atoms with Crippen molar-refractivity contribution in [3.8, 4) is 5.75 Å².